The van der Waals surface area contributed by atoms with Gasteiger partial charge in [0, 0.05) is 18.8 Å². The summed E-state index contributed by atoms with van der Waals surface area (Å²) in [6.07, 6.45) is 2.11. The molecule has 2 N–H and O–H groups in total. The van der Waals surface area contributed by atoms with Gasteiger partial charge in [0.15, 0.2) is 0 Å². The topological polar surface area (TPSA) is 55.6 Å². The third-order valence-corrected chi connectivity index (χ3v) is 4.50. The Balaban J connectivity index is 2.09. The Bertz CT molecular complexity index is 512. The summed E-state index contributed by atoms with van der Waals surface area (Å²) in [5.74, 6) is 1.35. The fourth-order valence-corrected chi connectivity index (χ4v) is 2.97. The van der Waals surface area contributed by atoms with E-state index in [1.54, 1.807) is 25.3 Å². The van der Waals surface area contributed by atoms with Crippen LogP contribution in [-0.4, -0.2) is 31.0 Å². The minimum absolute atomic E-state index is 0.0127. The minimum atomic E-state index is 0.0127. The van der Waals surface area contributed by atoms with Crippen LogP contribution in [0.5, 0.6) is 5.75 Å². The lowest BCUT2D eigenvalue weighted by Gasteiger charge is -2.38. The molecular weight excluding hydrogens is 264 g/mol. The maximum atomic E-state index is 12.6. The second-order valence-corrected chi connectivity index (χ2v) is 6.89. The number of anilines is 1. The average molecular weight is 290 g/mol. The van der Waals surface area contributed by atoms with E-state index >= 15 is 0 Å². The van der Waals surface area contributed by atoms with Crippen LogP contribution in [0.4, 0.5) is 5.69 Å². The molecule has 1 amide bonds. The molecule has 0 radical (unpaired) electrons. The van der Waals surface area contributed by atoms with Crippen molar-refractivity contribution in [3.63, 3.8) is 0 Å². The van der Waals surface area contributed by atoms with Gasteiger partial charge in [-0.15, -0.1) is 0 Å². The molecule has 1 aliphatic heterocycles. The number of methoxy groups -OCH3 is 1. The fourth-order valence-electron chi connectivity index (χ4n) is 2.97. The summed E-state index contributed by atoms with van der Waals surface area (Å²) in [6, 6.07) is 5.24. The van der Waals surface area contributed by atoms with Gasteiger partial charge in [-0.1, -0.05) is 20.8 Å². The van der Waals surface area contributed by atoms with Gasteiger partial charge >= 0.3 is 0 Å². The predicted molar refractivity (Wildman–Crippen MR) is 85.5 cm³/mol. The lowest BCUT2D eigenvalue weighted by atomic mass is 9.75. The van der Waals surface area contributed by atoms with Gasteiger partial charge in [-0.3, -0.25) is 4.79 Å². The Morgan fingerprint density at radius 1 is 1.29 bits per heavy atom. The van der Waals surface area contributed by atoms with E-state index in [1.165, 1.54) is 0 Å². The Hall–Kier alpha value is -1.71. The van der Waals surface area contributed by atoms with E-state index in [1.807, 2.05) is 4.90 Å². The van der Waals surface area contributed by atoms with E-state index in [0.717, 1.165) is 25.9 Å². The number of carbonyl (C=O) groups is 1. The molecule has 1 saturated heterocycles. The number of ether oxygens (including phenoxy) is 1. The largest absolute Gasteiger partial charge is 0.497 e. The smallest absolute Gasteiger partial charge is 0.256 e. The molecule has 1 aromatic rings. The summed E-state index contributed by atoms with van der Waals surface area (Å²) in [5.41, 5.74) is 7.31. The molecule has 0 saturated carbocycles. The molecular formula is C17H26N2O2. The first-order valence-corrected chi connectivity index (χ1v) is 7.55. The number of rotatable bonds is 2. The molecule has 0 bridgehead atoms. The molecule has 116 valence electrons. The third-order valence-electron chi connectivity index (χ3n) is 4.50. The van der Waals surface area contributed by atoms with E-state index in [9.17, 15) is 4.79 Å². The van der Waals surface area contributed by atoms with E-state index in [2.05, 4.69) is 20.8 Å². The van der Waals surface area contributed by atoms with Crippen molar-refractivity contribution in [2.24, 2.45) is 11.3 Å². The zero-order valence-corrected chi connectivity index (χ0v) is 13.5. The molecule has 0 aliphatic carbocycles. The van der Waals surface area contributed by atoms with Gasteiger partial charge in [-0.2, -0.15) is 0 Å². The van der Waals surface area contributed by atoms with Gasteiger partial charge < -0.3 is 15.4 Å². The first-order chi connectivity index (χ1) is 9.82. The van der Waals surface area contributed by atoms with Crippen LogP contribution in [-0.2, 0) is 0 Å². The summed E-state index contributed by atoms with van der Waals surface area (Å²) in [4.78, 5) is 14.5. The molecule has 4 heteroatoms. The molecule has 2 rings (SSSR count). The van der Waals surface area contributed by atoms with E-state index in [4.69, 9.17) is 10.5 Å². The van der Waals surface area contributed by atoms with Gasteiger partial charge in [0.2, 0.25) is 0 Å². The number of nitrogen functional groups attached to an aromatic ring is 1. The third kappa shape index (κ3) is 3.49. The van der Waals surface area contributed by atoms with Crippen LogP contribution in [0.1, 0.15) is 44.0 Å². The van der Waals surface area contributed by atoms with Crippen LogP contribution in [0.15, 0.2) is 18.2 Å². The maximum absolute atomic E-state index is 12.6. The van der Waals surface area contributed by atoms with Crippen molar-refractivity contribution in [1.29, 1.82) is 0 Å². The number of nitrogens with two attached hydrogens (primary N) is 1. The van der Waals surface area contributed by atoms with Crippen LogP contribution in [0, 0.1) is 11.3 Å². The quantitative estimate of drug-likeness (QED) is 0.851. The van der Waals surface area contributed by atoms with Crippen molar-refractivity contribution >= 4 is 11.6 Å². The molecule has 1 aromatic carbocycles. The highest BCUT2D eigenvalue weighted by Gasteiger charge is 2.31. The van der Waals surface area contributed by atoms with Gasteiger partial charge in [-0.05, 0) is 42.4 Å². The Kier molecular flexibility index (Phi) is 4.45. The van der Waals surface area contributed by atoms with Crippen LogP contribution >= 0.6 is 0 Å². The lowest BCUT2D eigenvalue weighted by Crippen LogP contribution is -2.41. The summed E-state index contributed by atoms with van der Waals surface area (Å²) >= 11 is 0. The second-order valence-electron chi connectivity index (χ2n) is 6.89. The van der Waals surface area contributed by atoms with Crippen molar-refractivity contribution in [2.75, 3.05) is 25.9 Å². The van der Waals surface area contributed by atoms with Crippen LogP contribution in [0.3, 0.4) is 0 Å². The number of benzene rings is 1. The van der Waals surface area contributed by atoms with Crippen molar-refractivity contribution in [2.45, 2.75) is 33.6 Å². The fraction of sp³-hybridized carbons (Fsp3) is 0.588. The van der Waals surface area contributed by atoms with Crippen LogP contribution in [0.25, 0.3) is 0 Å². The first-order valence-electron chi connectivity index (χ1n) is 7.55. The average Bonchev–Trinajstić information content (AvgIpc) is 2.46. The lowest BCUT2D eigenvalue weighted by molar-refractivity contribution is 0.0609. The van der Waals surface area contributed by atoms with Crippen molar-refractivity contribution in [3.05, 3.63) is 23.8 Å². The SMILES string of the molecule is COc1ccc(N)c(C(=O)N2CCC(C(C)(C)C)CC2)c1. The Morgan fingerprint density at radius 3 is 2.43 bits per heavy atom. The second kappa shape index (κ2) is 5.96. The number of nitrogens with zero attached hydrogens (tertiary/aromatic N) is 1. The molecule has 1 heterocycles. The van der Waals surface area contributed by atoms with Crippen LogP contribution in [0.2, 0.25) is 0 Å². The monoisotopic (exact) mass is 290 g/mol. The molecule has 1 aliphatic rings. The van der Waals surface area contributed by atoms with Crippen molar-refractivity contribution in [1.82, 2.24) is 4.90 Å². The normalized spacial score (nSPS) is 16.9. The standard InChI is InChI=1S/C17H26N2O2/c1-17(2,3)12-7-9-19(10-8-12)16(20)14-11-13(21-4)5-6-15(14)18/h5-6,11-12H,7-10,18H2,1-4H3. The van der Waals surface area contributed by atoms with E-state index in [0.29, 0.717) is 28.3 Å². The highest BCUT2D eigenvalue weighted by atomic mass is 16.5. The Labute approximate surface area is 127 Å². The van der Waals surface area contributed by atoms with Crippen molar-refractivity contribution < 1.29 is 9.53 Å². The van der Waals surface area contributed by atoms with Gasteiger partial charge in [0.25, 0.3) is 5.91 Å². The first kappa shape index (κ1) is 15.7. The number of hydrogen-bond donors (Lipinski definition) is 1. The number of amides is 1. The van der Waals surface area contributed by atoms with E-state index in [-0.39, 0.29) is 5.91 Å². The molecule has 0 aromatic heterocycles. The van der Waals surface area contributed by atoms with E-state index < -0.39 is 0 Å². The van der Waals surface area contributed by atoms with Gasteiger partial charge in [0.1, 0.15) is 5.75 Å². The maximum Gasteiger partial charge on any atom is 0.256 e. The summed E-state index contributed by atoms with van der Waals surface area (Å²) in [6.45, 7) is 8.43. The predicted octanol–water partition coefficient (Wildman–Crippen LogP) is 3.18. The van der Waals surface area contributed by atoms with Gasteiger partial charge in [0.05, 0.1) is 12.7 Å². The summed E-state index contributed by atoms with van der Waals surface area (Å²) in [7, 11) is 1.59. The van der Waals surface area contributed by atoms with Crippen molar-refractivity contribution in [3.8, 4) is 5.75 Å². The molecule has 0 atom stereocenters. The summed E-state index contributed by atoms with van der Waals surface area (Å²) < 4.78 is 5.18. The molecule has 4 nitrogen and oxygen atoms in total. The zero-order valence-electron chi connectivity index (χ0n) is 13.5. The van der Waals surface area contributed by atoms with Crippen LogP contribution < -0.4 is 10.5 Å². The number of piperidine rings is 1. The summed E-state index contributed by atoms with van der Waals surface area (Å²) in [5, 5.41) is 0. The number of likely N-dealkylation sites (tertiary alicyclic amines) is 1. The molecule has 0 unspecified atom stereocenters. The highest BCUT2D eigenvalue weighted by Crippen LogP contribution is 2.35. The molecule has 1 fully saturated rings. The Morgan fingerprint density at radius 2 is 1.90 bits per heavy atom. The highest BCUT2D eigenvalue weighted by molar-refractivity contribution is 5.99. The zero-order chi connectivity index (χ0) is 15.6. The minimum Gasteiger partial charge on any atom is -0.497 e. The number of carbonyl (C=O) groups excluding carboxylic acids is 1. The molecule has 0 spiro atoms. The molecule has 21 heavy (non-hydrogen) atoms. The number of hydrogen-bond acceptors (Lipinski definition) is 3. The van der Waals surface area contributed by atoms with Gasteiger partial charge in [-0.25, -0.2) is 0 Å².